The summed E-state index contributed by atoms with van der Waals surface area (Å²) in [4.78, 5) is 0. The van der Waals surface area contributed by atoms with Gasteiger partial charge in [-0.25, -0.2) is 0 Å². The first kappa shape index (κ1) is 9.53. The molecule has 0 bridgehead atoms. The summed E-state index contributed by atoms with van der Waals surface area (Å²) in [6.45, 7) is 4.43. The highest BCUT2D eigenvalue weighted by atomic mass is 16.5. The van der Waals surface area contributed by atoms with Gasteiger partial charge in [0, 0.05) is 12.1 Å². The molecule has 1 aromatic carbocycles. The van der Waals surface area contributed by atoms with E-state index >= 15 is 0 Å². The number of hydrogen-bond donors (Lipinski definition) is 1. The molecule has 0 aliphatic carbocycles. The molecule has 0 saturated heterocycles. The highest BCUT2D eigenvalue weighted by molar-refractivity contribution is 5.39. The molecule has 0 radical (unpaired) electrons. The Hall–Kier alpha value is -1.02. The summed E-state index contributed by atoms with van der Waals surface area (Å²) in [5.41, 5.74) is 2.83. The van der Waals surface area contributed by atoms with Crippen molar-refractivity contribution in [3.63, 3.8) is 0 Å². The minimum absolute atomic E-state index is 0.458. The average molecular weight is 191 g/mol. The molecule has 76 valence electrons. The van der Waals surface area contributed by atoms with Crippen molar-refractivity contribution in [2.75, 3.05) is 7.11 Å². The lowest BCUT2D eigenvalue weighted by atomic mass is 9.91. The van der Waals surface area contributed by atoms with E-state index in [4.69, 9.17) is 4.74 Å². The van der Waals surface area contributed by atoms with Crippen molar-refractivity contribution in [1.82, 2.24) is 5.32 Å². The fourth-order valence-electron chi connectivity index (χ4n) is 2.21. The van der Waals surface area contributed by atoms with E-state index in [-0.39, 0.29) is 0 Å². The predicted molar refractivity (Wildman–Crippen MR) is 57.7 cm³/mol. The standard InChI is InChI=1S/C12H17NO/c1-8-6-10-7-11(14-3)4-5-12(10)9(2)13-8/h4-5,7-9,13H,6H2,1-3H3/t8-,9-/m1/s1. The van der Waals surface area contributed by atoms with Gasteiger partial charge in [0.2, 0.25) is 0 Å². The number of rotatable bonds is 1. The largest absolute Gasteiger partial charge is 0.497 e. The van der Waals surface area contributed by atoms with Gasteiger partial charge in [-0.2, -0.15) is 0 Å². The third kappa shape index (κ3) is 1.62. The van der Waals surface area contributed by atoms with E-state index in [1.165, 1.54) is 11.1 Å². The van der Waals surface area contributed by atoms with E-state index in [9.17, 15) is 0 Å². The zero-order chi connectivity index (χ0) is 10.1. The second kappa shape index (κ2) is 3.62. The van der Waals surface area contributed by atoms with Gasteiger partial charge >= 0.3 is 0 Å². The molecule has 2 nitrogen and oxygen atoms in total. The van der Waals surface area contributed by atoms with Crippen LogP contribution in [0.3, 0.4) is 0 Å². The molecular weight excluding hydrogens is 174 g/mol. The molecule has 0 saturated carbocycles. The van der Waals surface area contributed by atoms with Crippen LogP contribution in [0.4, 0.5) is 0 Å². The van der Waals surface area contributed by atoms with Crippen LogP contribution in [-0.4, -0.2) is 13.2 Å². The highest BCUT2D eigenvalue weighted by Gasteiger charge is 2.20. The van der Waals surface area contributed by atoms with E-state index in [0.29, 0.717) is 12.1 Å². The van der Waals surface area contributed by atoms with Crippen LogP contribution in [0.15, 0.2) is 18.2 Å². The first-order chi connectivity index (χ1) is 6.70. The minimum Gasteiger partial charge on any atom is -0.497 e. The number of hydrogen-bond acceptors (Lipinski definition) is 2. The third-order valence-corrected chi connectivity index (χ3v) is 2.88. The van der Waals surface area contributed by atoms with Crippen LogP contribution in [0.25, 0.3) is 0 Å². The lowest BCUT2D eigenvalue weighted by Crippen LogP contribution is -2.35. The molecule has 2 rings (SSSR count). The summed E-state index contributed by atoms with van der Waals surface area (Å²) in [7, 11) is 1.72. The molecule has 14 heavy (non-hydrogen) atoms. The van der Waals surface area contributed by atoms with Gasteiger partial charge in [0.05, 0.1) is 7.11 Å². The SMILES string of the molecule is COc1ccc2c(c1)C[C@@H](C)N[C@@H]2C. The van der Waals surface area contributed by atoms with Crippen LogP contribution < -0.4 is 10.1 Å². The topological polar surface area (TPSA) is 21.3 Å². The maximum absolute atomic E-state index is 5.23. The Kier molecular flexibility index (Phi) is 2.46. The summed E-state index contributed by atoms with van der Waals surface area (Å²) in [5.74, 6) is 0.963. The lowest BCUT2D eigenvalue weighted by molar-refractivity contribution is 0.408. The fraction of sp³-hybridized carbons (Fsp3) is 0.500. The van der Waals surface area contributed by atoms with Crippen molar-refractivity contribution in [3.8, 4) is 5.75 Å². The number of ether oxygens (including phenoxy) is 1. The zero-order valence-corrected chi connectivity index (χ0v) is 9.00. The molecule has 1 aromatic rings. The first-order valence-electron chi connectivity index (χ1n) is 5.13. The Morgan fingerprint density at radius 2 is 2.14 bits per heavy atom. The molecule has 0 unspecified atom stereocenters. The van der Waals surface area contributed by atoms with Gasteiger partial charge < -0.3 is 10.1 Å². The number of methoxy groups -OCH3 is 1. The Labute approximate surface area is 85.3 Å². The van der Waals surface area contributed by atoms with E-state index in [0.717, 1.165) is 12.2 Å². The maximum Gasteiger partial charge on any atom is 0.119 e. The molecule has 0 amide bonds. The Balaban J connectivity index is 2.39. The summed E-state index contributed by atoms with van der Waals surface area (Å²) in [5, 5.41) is 3.53. The summed E-state index contributed by atoms with van der Waals surface area (Å²) in [6, 6.07) is 7.37. The number of nitrogens with one attached hydrogen (secondary N) is 1. The molecule has 1 aliphatic heterocycles. The Morgan fingerprint density at radius 1 is 1.36 bits per heavy atom. The van der Waals surface area contributed by atoms with Crippen molar-refractivity contribution < 1.29 is 4.74 Å². The van der Waals surface area contributed by atoms with Crippen molar-refractivity contribution in [2.24, 2.45) is 0 Å². The quantitative estimate of drug-likeness (QED) is 0.735. The normalized spacial score (nSPS) is 25.6. The van der Waals surface area contributed by atoms with Crippen LogP contribution in [0, 0.1) is 0 Å². The van der Waals surface area contributed by atoms with Crippen molar-refractivity contribution in [3.05, 3.63) is 29.3 Å². The first-order valence-corrected chi connectivity index (χ1v) is 5.13. The summed E-state index contributed by atoms with van der Waals surface area (Å²) >= 11 is 0. The molecule has 2 heteroatoms. The molecule has 0 spiro atoms. The van der Waals surface area contributed by atoms with Crippen LogP contribution in [-0.2, 0) is 6.42 Å². The van der Waals surface area contributed by atoms with Gasteiger partial charge in [-0.15, -0.1) is 0 Å². The highest BCUT2D eigenvalue weighted by Crippen LogP contribution is 2.28. The Bertz CT molecular complexity index is 335. The van der Waals surface area contributed by atoms with Gasteiger partial charge in [0.25, 0.3) is 0 Å². The lowest BCUT2D eigenvalue weighted by Gasteiger charge is -2.29. The predicted octanol–water partition coefficient (Wildman–Crippen LogP) is 2.29. The monoisotopic (exact) mass is 191 g/mol. The smallest absolute Gasteiger partial charge is 0.119 e. The van der Waals surface area contributed by atoms with Crippen molar-refractivity contribution in [1.29, 1.82) is 0 Å². The molecule has 1 heterocycles. The van der Waals surface area contributed by atoms with Crippen molar-refractivity contribution in [2.45, 2.75) is 32.4 Å². The molecule has 2 atom stereocenters. The molecule has 1 aliphatic rings. The third-order valence-electron chi connectivity index (χ3n) is 2.88. The Morgan fingerprint density at radius 3 is 2.86 bits per heavy atom. The fourth-order valence-corrected chi connectivity index (χ4v) is 2.21. The van der Waals surface area contributed by atoms with Gasteiger partial charge in [-0.05, 0) is 43.5 Å². The molecule has 0 aromatic heterocycles. The number of fused-ring (bicyclic) bond motifs is 1. The van der Waals surface area contributed by atoms with Crippen LogP contribution >= 0.6 is 0 Å². The van der Waals surface area contributed by atoms with E-state index in [1.54, 1.807) is 7.11 Å². The van der Waals surface area contributed by atoms with Crippen LogP contribution in [0.5, 0.6) is 5.75 Å². The molecule has 1 N–H and O–H groups in total. The average Bonchev–Trinajstić information content (AvgIpc) is 2.16. The second-order valence-electron chi connectivity index (χ2n) is 4.06. The van der Waals surface area contributed by atoms with Crippen LogP contribution in [0.2, 0.25) is 0 Å². The van der Waals surface area contributed by atoms with E-state index < -0.39 is 0 Å². The number of benzene rings is 1. The molecule has 0 fully saturated rings. The van der Waals surface area contributed by atoms with E-state index in [2.05, 4.69) is 31.3 Å². The minimum atomic E-state index is 0.458. The van der Waals surface area contributed by atoms with Crippen molar-refractivity contribution >= 4 is 0 Å². The van der Waals surface area contributed by atoms with Gasteiger partial charge in [0.15, 0.2) is 0 Å². The van der Waals surface area contributed by atoms with Gasteiger partial charge in [-0.3, -0.25) is 0 Å². The summed E-state index contributed by atoms with van der Waals surface area (Å²) in [6.07, 6.45) is 1.09. The summed E-state index contributed by atoms with van der Waals surface area (Å²) < 4.78 is 5.23. The van der Waals surface area contributed by atoms with Crippen LogP contribution in [0.1, 0.15) is 31.0 Å². The molecular formula is C12H17NO. The van der Waals surface area contributed by atoms with Gasteiger partial charge in [0.1, 0.15) is 5.75 Å². The second-order valence-corrected chi connectivity index (χ2v) is 4.06. The zero-order valence-electron chi connectivity index (χ0n) is 9.00. The van der Waals surface area contributed by atoms with Gasteiger partial charge in [-0.1, -0.05) is 6.07 Å². The maximum atomic E-state index is 5.23. The van der Waals surface area contributed by atoms with E-state index in [1.807, 2.05) is 6.07 Å².